The molecule has 6 nitrogen and oxygen atoms in total. The smallest absolute Gasteiger partial charge is 0.235 e. The minimum absolute atomic E-state index is 0.0202. The Hall–Kier alpha value is -2.18. The van der Waals surface area contributed by atoms with Gasteiger partial charge in [-0.25, -0.2) is 4.39 Å². The number of carbonyl (C=O) groups is 2. The maximum Gasteiger partial charge on any atom is 0.235 e. The van der Waals surface area contributed by atoms with E-state index in [1.165, 1.54) is 6.20 Å². The lowest BCUT2D eigenvalue weighted by Crippen LogP contribution is -2.56. The van der Waals surface area contributed by atoms with Gasteiger partial charge in [-0.3, -0.25) is 14.6 Å². The first-order valence-corrected chi connectivity index (χ1v) is 8.89. The van der Waals surface area contributed by atoms with Gasteiger partial charge in [0, 0.05) is 45.5 Å². The number of rotatable bonds is 2. The minimum atomic E-state index is -0.566. The molecule has 2 atom stereocenters. The van der Waals surface area contributed by atoms with E-state index in [1.54, 1.807) is 29.1 Å². The number of piperazine rings is 1. The second-order valence-corrected chi connectivity index (χ2v) is 6.96. The van der Waals surface area contributed by atoms with Crippen LogP contribution in [0, 0.1) is 11.7 Å². The standard InChI is InChI=1S/C18H25FN4O2/c1-13-12-22(9-10-23(13)16-6-7-20-11-15(16)19)18(25)14-5-3-4-8-21(2)17(14)24/h6-7,11,13-14H,3-5,8-10,12H2,1-2H3. The van der Waals surface area contributed by atoms with Gasteiger partial charge in [0.1, 0.15) is 5.92 Å². The molecular formula is C18H25FN4O2. The second-order valence-electron chi connectivity index (χ2n) is 6.96. The van der Waals surface area contributed by atoms with E-state index >= 15 is 0 Å². The summed E-state index contributed by atoms with van der Waals surface area (Å²) in [4.78, 5) is 34.5. The Morgan fingerprint density at radius 1 is 1.28 bits per heavy atom. The second kappa shape index (κ2) is 7.37. The summed E-state index contributed by atoms with van der Waals surface area (Å²) >= 11 is 0. The van der Waals surface area contributed by atoms with Crippen molar-refractivity contribution in [3.63, 3.8) is 0 Å². The van der Waals surface area contributed by atoms with E-state index in [-0.39, 0.29) is 23.7 Å². The number of anilines is 1. The van der Waals surface area contributed by atoms with E-state index in [4.69, 9.17) is 0 Å². The Bertz CT molecular complexity index is 654. The number of hydrogen-bond donors (Lipinski definition) is 0. The van der Waals surface area contributed by atoms with Gasteiger partial charge in [0.2, 0.25) is 11.8 Å². The van der Waals surface area contributed by atoms with Crippen LogP contribution >= 0.6 is 0 Å². The molecule has 0 aromatic carbocycles. The van der Waals surface area contributed by atoms with Crippen LogP contribution in [0.4, 0.5) is 10.1 Å². The van der Waals surface area contributed by atoms with Crippen molar-refractivity contribution in [2.75, 3.05) is 38.1 Å². The van der Waals surface area contributed by atoms with Gasteiger partial charge in [-0.2, -0.15) is 0 Å². The molecule has 1 aromatic heterocycles. The molecule has 2 fully saturated rings. The van der Waals surface area contributed by atoms with Crippen LogP contribution in [0.15, 0.2) is 18.5 Å². The van der Waals surface area contributed by atoms with E-state index < -0.39 is 5.92 Å². The van der Waals surface area contributed by atoms with Gasteiger partial charge in [-0.1, -0.05) is 6.42 Å². The molecule has 2 unspecified atom stereocenters. The maximum absolute atomic E-state index is 14.0. The Balaban J connectivity index is 1.69. The predicted molar refractivity (Wildman–Crippen MR) is 92.6 cm³/mol. The highest BCUT2D eigenvalue weighted by atomic mass is 19.1. The summed E-state index contributed by atoms with van der Waals surface area (Å²) in [6.45, 7) is 4.23. The third kappa shape index (κ3) is 3.60. The highest BCUT2D eigenvalue weighted by molar-refractivity contribution is 6.00. The van der Waals surface area contributed by atoms with Crippen molar-refractivity contribution in [2.45, 2.75) is 32.2 Å². The summed E-state index contributed by atoms with van der Waals surface area (Å²) in [6, 6.07) is 1.64. The molecule has 2 aliphatic rings. The third-order valence-electron chi connectivity index (χ3n) is 5.21. The Morgan fingerprint density at radius 2 is 2.08 bits per heavy atom. The van der Waals surface area contributed by atoms with E-state index in [9.17, 15) is 14.0 Å². The predicted octanol–water partition coefficient (Wildman–Crippen LogP) is 1.52. The normalized spacial score (nSPS) is 25.1. The number of pyridine rings is 1. The summed E-state index contributed by atoms with van der Waals surface area (Å²) in [5, 5.41) is 0. The topological polar surface area (TPSA) is 56.8 Å². The highest BCUT2D eigenvalue weighted by Gasteiger charge is 2.36. The van der Waals surface area contributed by atoms with Crippen molar-refractivity contribution < 1.29 is 14.0 Å². The maximum atomic E-state index is 14.0. The van der Waals surface area contributed by atoms with Crippen LogP contribution < -0.4 is 4.90 Å². The molecule has 136 valence electrons. The lowest BCUT2D eigenvalue weighted by Gasteiger charge is -2.42. The van der Waals surface area contributed by atoms with Crippen molar-refractivity contribution >= 4 is 17.5 Å². The number of hydrogen-bond acceptors (Lipinski definition) is 4. The summed E-state index contributed by atoms with van der Waals surface area (Å²) in [6.07, 6.45) is 5.24. The van der Waals surface area contributed by atoms with Crippen molar-refractivity contribution in [2.24, 2.45) is 5.92 Å². The van der Waals surface area contributed by atoms with Gasteiger partial charge < -0.3 is 14.7 Å². The molecule has 3 rings (SSSR count). The van der Waals surface area contributed by atoms with Crippen LogP contribution in [-0.2, 0) is 9.59 Å². The first-order valence-electron chi connectivity index (χ1n) is 8.89. The fourth-order valence-electron chi connectivity index (χ4n) is 3.76. The SMILES string of the molecule is CC1CN(C(=O)C2CCCCN(C)C2=O)CCN1c1ccncc1F. The van der Waals surface area contributed by atoms with Crippen LogP contribution in [0.3, 0.4) is 0 Å². The Kier molecular flexibility index (Phi) is 5.20. The minimum Gasteiger partial charge on any atom is -0.363 e. The van der Waals surface area contributed by atoms with Gasteiger partial charge >= 0.3 is 0 Å². The molecule has 0 aliphatic carbocycles. The summed E-state index contributed by atoms with van der Waals surface area (Å²) in [5.41, 5.74) is 0.514. The van der Waals surface area contributed by atoms with Crippen molar-refractivity contribution in [3.05, 3.63) is 24.3 Å². The van der Waals surface area contributed by atoms with Crippen LogP contribution in [0.1, 0.15) is 26.2 Å². The molecule has 0 N–H and O–H groups in total. The molecule has 3 heterocycles. The Morgan fingerprint density at radius 3 is 2.80 bits per heavy atom. The lowest BCUT2D eigenvalue weighted by molar-refractivity contribution is -0.146. The van der Waals surface area contributed by atoms with Gasteiger partial charge in [0.05, 0.1) is 11.9 Å². The molecule has 0 bridgehead atoms. The molecule has 1 aromatic rings. The van der Waals surface area contributed by atoms with Crippen LogP contribution in [-0.4, -0.2) is 65.9 Å². The third-order valence-corrected chi connectivity index (χ3v) is 5.21. The van der Waals surface area contributed by atoms with Crippen molar-refractivity contribution in [1.29, 1.82) is 0 Å². The van der Waals surface area contributed by atoms with Gasteiger partial charge in [-0.05, 0) is 25.8 Å². The van der Waals surface area contributed by atoms with Crippen LogP contribution in [0.5, 0.6) is 0 Å². The summed E-state index contributed by atoms with van der Waals surface area (Å²) in [5.74, 6) is -1.07. The average molecular weight is 348 g/mol. The Labute approximate surface area is 147 Å². The zero-order chi connectivity index (χ0) is 18.0. The molecule has 0 spiro atoms. The van der Waals surface area contributed by atoms with E-state index in [0.717, 1.165) is 12.8 Å². The van der Waals surface area contributed by atoms with E-state index in [2.05, 4.69) is 4.98 Å². The first kappa shape index (κ1) is 17.6. The quantitative estimate of drug-likeness (QED) is 0.761. The molecule has 0 saturated carbocycles. The number of aromatic nitrogens is 1. The molecule has 7 heteroatoms. The zero-order valence-electron chi connectivity index (χ0n) is 14.8. The summed E-state index contributed by atoms with van der Waals surface area (Å²) < 4.78 is 14.0. The number of nitrogens with zero attached hydrogens (tertiary/aromatic N) is 4. The van der Waals surface area contributed by atoms with E-state index in [1.807, 2.05) is 11.8 Å². The fraction of sp³-hybridized carbons (Fsp3) is 0.611. The van der Waals surface area contributed by atoms with Crippen molar-refractivity contribution in [3.8, 4) is 0 Å². The monoisotopic (exact) mass is 348 g/mol. The van der Waals surface area contributed by atoms with Crippen LogP contribution in [0.25, 0.3) is 0 Å². The van der Waals surface area contributed by atoms with Crippen LogP contribution in [0.2, 0.25) is 0 Å². The number of amides is 2. The van der Waals surface area contributed by atoms with Gasteiger partial charge in [0.25, 0.3) is 0 Å². The van der Waals surface area contributed by atoms with E-state index in [0.29, 0.717) is 38.3 Å². The molecule has 2 aliphatic heterocycles. The average Bonchev–Trinajstić information content (AvgIpc) is 2.77. The highest BCUT2D eigenvalue weighted by Crippen LogP contribution is 2.25. The molecule has 25 heavy (non-hydrogen) atoms. The molecular weight excluding hydrogens is 323 g/mol. The fourth-order valence-corrected chi connectivity index (χ4v) is 3.76. The molecule has 2 amide bonds. The van der Waals surface area contributed by atoms with Crippen molar-refractivity contribution in [1.82, 2.24) is 14.8 Å². The summed E-state index contributed by atoms with van der Waals surface area (Å²) in [7, 11) is 1.76. The largest absolute Gasteiger partial charge is 0.363 e. The first-order chi connectivity index (χ1) is 12.0. The molecule has 0 radical (unpaired) electrons. The zero-order valence-corrected chi connectivity index (χ0v) is 14.8. The lowest BCUT2D eigenvalue weighted by atomic mass is 9.99. The van der Waals surface area contributed by atoms with Gasteiger partial charge in [0.15, 0.2) is 5.82 Å². The molecule has 2 saturated heterocycles. The number of likely N-dealkylation sites (tertiary alicyclic amines) is 1. The number of halogens is 1. The van der Waals surface area contributed by atoms with Gasteiger partial charge in [-0.15, -0.1) is 0 Å². The number of carbonyl (C=O) groups excluding carboxylic acids is 2.